The van der Waals surface area contributed by atoms with Gasteiger partial charge >= 0.3 is 0 Å². The molecule has 1 saturated heterocycles. The van der Waals surface area contributed by atoms with Gasteiger partial charge in [0.2, 0.25) is 5.91 Å². The molecule has 2 fully saturated rings. The Balaban J connectivity index is 1.49. The lowest BCUT2D eigenvalue weighted by molar-refractivity contribution is -0.133. The number of piperidine rings is 1. The first-order valence-electron chi connectivity index (χ1n) is 9.15. The molecular formula is C18H25F2N3O2. The molecule has 1 aromatic heterocycles. The van der Waals surface area contributed by atoms with E-state index in [1.54, 1.807) is 0 Å². The molecule has 2 heterocycles. The van der Waals surface area contributed by atoms with Gasteiger partial charge in [-0.15, -0.1) is 0 Å². The zero-order chi connectivity index (χ0) is 17.8. The van der Waals surface area contributed by atoms with Crippen molar-refractivity contribution in [3.8, 4) is 0 Å². The van der Waals surface area contributed by atoms with Crippen molar-refractivity contribution in [2.75, 3.05) is 13.1 Å². The number of likely N-dealkylation sites (tertiary alicyclic amines) is 1. The molecule has 0 radical (unpaired) electrons. The van der Waals surface area contributed by atoms with Crippen LogP contribution in [0.5, 0.6) is 0 Å². The van der Waals surface area contributed by atoms with E-state index in [1.165, 1.54) is 36.6 Å². The Morgan fingerprint density at radius 1 is 1.16 bits per heavy atom. The summed E-state index contributed by atoms with van der Waals surface area (Å²) in [6.07, 6.45) is 5.65. The zero-order valence-electron chi connectivity index (χ0n) is 14.4. The molecule has 25 heavy (non-hydrogen) atoms. The quantitative estimate of drug-likeness (QED) is 0.818. The van der Waals surface area contributed by atoms with Gasteiger partial charge in [-0.05, 0) is 37.5 Å². The SMILES string of the molecule is O=C(CC1CCCC1)N1CCC(Cn2cnc(C(F)F)cc2=O)CC1. The van der Waals surface area contributed by atoms with Crippen molar-refractivity contribution in [1.29, 1.82) is 0 Å². The van der Waals surface area contributed by atoms with Crippen LogP contribution in [0.1, 0.15) is 57.1 Å². The molecule has 1 saturated carbocycles. The van der Waals surface area contributed by atoms with E-state index in [0.717, 1.165) is 18.9 Å². The van der Waals surface area contributed by atoms with Crippen molar-refractivity contribution in [3.05, 3.63) is 28.4 Å². The lowest BCUT2D eigenvalue weighted by Crippen LogP contribution is -2.40. The number of hydrogen-bond donors (Lipinski definition) is 0. The van der Waals surface area contributed by atoms with Crippen LogP contribution in [0.4, 0.5) is 8.78 Å². The molecule has 7 heteroatoms. The summed E-state index contributed by atoms with van der Waals surface area (Å²) in [5.41, 5.74) is -0.918. The molecular weight excluding hydrogens is 328 g/mol. The summed E-state index contributed by atoms with van der Waals surface area (Å²) in [7, 11) is 0. The van der Waals surface area contributed by atoms with Crippen molar-refractivity contribution < 1.29 is 13.6 Å². The standard InChI is InChI=1S/C18H25F2N3O2/c19-18(20)15-10-17(25)23(12-21-15)11-14-5-7-22(8-6-14)16(24)9-13-3-1-2-4-13/h10,12-14,18H,1-9,11H2. The average molecular weight is 353 g/mol. The molecule has 0 bridgehead atoms. The Labute approximate surface area is 146 Å². The number of carbonyl (C=O) groups excluding carboxylic acids is 1. The summed E-state index contributed by atoms with van der Waals surface area (Å²) in [4.78, 5) is 29.9. The minimum Gasteiger partial charge on any atom is -0.343 e. The summed E-state index contributed by atoms with van der Waals surface area (Å²) in [5.74, 6) is 1.08. The average Bonchev–Trinajstić information content (AvgIpc) is 3.10. The number of halogens is 2. The van der Waals surface area contributed by atoms with Gasteiger partial charge in [-0.3, -0.25) is 14.2 Å². The molecule has 1 aliphatic carbocycles. The minimum absolute atomic E-state index is 0.255. The van der Waals surface area contributed by atoms with Gasteiger partial charge in [0.05, 0.1) is 6.33 Å². The number of amides is 1. The Bertz CT molecular complexity index is 648. The predicted octanol–water partition coefficient (Wildman–Crippen LogP) is 3.00. The molecule has 138 valence electrons. The van der Waals surface area contributed by atoms with Crippen molar-refractivity contribution in [3.63, 3.8) is 0 Å². The van der Waals surface area contributed by atoms with Crippen molar-refractivity contribution >= 4 is 5.91 Å². The summed E-state index contributed by atoms with van der Waals surface area (Å²) < 4.78 is 26.5. The first-order valence-corrected chi connectivity index (χ1v) is 9.15. The molecule has 0 atom stereocenters. The third-order valence-electron chi connectivity index (χ3n) is 5.48. The van der Waals surface area contributed by atoms with Crippen molar-refractivity contribution in [1.82, 2.24) is 14.5 Å². The van der Waals surface area contributed by atoms with Crippen LogP contribution in [0.25, 0.3) is 0 Å². The Morgan fingerprint density at radius 3 is 2.44 bits per heavy atom. The van der Waals surface area contributed by atoms with Crippen LogP contribution >= 0.6 is 0 Å². The molecule has 0 N–H and O–H groups in total. The highest BCUT2D eigenvalue weighted by Gasteiger charge is 2.26. The number of nitrogens with zero attached hydrogens (tertiary/aromatic N) is 3. The van der Waals surface area contributed by atoms with Gasteiger partial charge in [0, 0.05) is 32.1 Å². The van der Waals surface area contributed by atoms with Crippen molar-refractivity contribution in [2.24, 2.45) is 11.8 Å². The van der Waals surface area contributed by atoms with Crippen LogP contribution in [0.15, 0.2) is 17.2 Å². The monoisotopic (exact) mass is 353 g/mol. The molecule has 0 unspecified atom stereocenters. The van der Waals surface area contributed by atoms with Crippen LogP contribution < -0.4 is 5.56 Å². The minimum atomic E-state index is -2.73. The van der Waals surface area contributed by atoms with E-state index in [1.807, 2.05) is 4.90 Å². The van der Waals surface area contributed by atoms with Gasteiger partial charge < -0.3 is 4.90 Å². The summed E-state index contributed by atoms with van der Waals surface area (Å²) in [6.45, 7) is 1.90. The number of rotatable bonds is 5. The van der Waals surface area contributed by atoms with E-state index in [0.29, 0.717) is 32.0 Å². The lowest BCUT2D eigenvalue weighted by Gasteiger charge is -2.32. The maximum absolute atomic E-state index is 12.6. The normalized spacial score (nSPS) is 19.7. The highest BCUT2D eigenvalue weighted by Crippen LogP contribution is 2.29. The summed E-state index contributed by atoms with van der Waals surface area (Å²) in [5, 5.41) is 0. The highest BCUT2D eigenvalue weighted by molar-refractivity contribution is 5.76. The van der Waals surface area contributed by atoms with Crippen molar-refractivity contribution in [2.45, 2.75) is 57.9 Å². The predicted molar refractivity (Wildman–Crippen MR) is 89.3 cm³/mol. The van der Waals surface area contributed by atoms with E-state index in [9.17, 15) is 18.4 Å². The topological polar surface area (TPSA) is 55.2 Å². The number of alkyl halides is 2. The molecule has 0 spiro atoms. The number of aromatic nitrogens is 2. The highest BCUT2D eigenvalue weighted by atomic mass is 19.3. The second kappa shape index (κ2) is 8.06. The van der Waals surface area contributed by atoms with Gasteiger partial charge in [-0.2, -0.15) is 0 Å². The fourth-order valence-electron chi connectivity index (χ4n) is 3.93. The van der Waals surface area contributed by atoms with E-state index < -0.39 is 17.7 Å². The maximum atomic E-state index is 12.6. The molecule has 1 amide bonds. The number of hydrogen-bond acceptors (Lipinski definition) is 3. The van der Waals surface area contributed by atoms with Crippen LogP contribution in [-0.4, -0.2) is 33.4 Å². The fourth-order valence-corrected chi connectivity index (χ4v) is 3.93. The second-order valence-electron chi connectivity index (χ2n) is 7.28. The van der Waals surface area contributed by atoms with Gasteiger partial charge in [-0.1, -0.05) is 12.8 Å². The van der Waals surface area contributed by atoms with Crippen LogP contribution in [0.2, 0.25) is 0 Å². The third kappa shape index (κ3) is 4.64. The van der Waals surface area contributed by atoms with E-state index in [4.69, 9.17) is 0 Å². The van der Waals surface area contributed by atoms with Crippen LogP contribution in [-0.2, 0) is 11.3 Å². The molecule has 3 rings (SSSR count). The van der Waals surface area contributed by atoms with E-state index in [2.05, 4.69) is 4.98 Å². The number of carbonyl (C=O) groups is 1. The third-order valence-corrected chi connectivity index (χ3v) is 5.48. The second-order valence-corrected chi connectivity index (χ2v) is 7.28. The van der Waals surface area contributed by atoms with Crippen LogP contribution in [0.3, 0.4) is 0 Å². The smallest absolute Gasteiger partial charge is 0.280 e. The Kier molecular flexibility index (Phi) is 5.81. The van der Waals surface area contributed by atoms with Gasteiger partial charge in [0.25, 0.3) is 12.0 Å². The van der Waals surface area contributed by atoms with E-state index >= 15 is 0 Å². The van der Waals surface area contributed by atoms with Gasteiger partial charge in [0.15, 0.2) is 0 Å². The molecule has 5 nitrogen and oxygen atoms in total. The van der Waals surface area contributed by atoms with Gasteiger partial charge in [0.1, 0.15) is 5.69 Å². The lowest BCUT2D eigenvalue weighted by atomic mass is 9.95. The summed E-state index contributed by atoms with van der Waals surface area (Å²) in [6, 6.07) is 0.908. The first kappa shape index (κ1) is 18.0. The zero-order valence-corrected chi connectivity index (χ0v) is 14.4. The molecule has 1 aromatic rings. The van der Waals surface area contributed by atoms with E-state index in [-0.39, 0.29) is 11.8 Å². The fraction of sp³-hybridized carbons (Fsp3) is 0.722. The Hall–Kier alpha value is -1.79. The first-order chi connectivity index (χ1) is 12.0. The van der Waals surface area contributed by atoms with Crippen LogP contribution in [0, 0.1) is 11.8 Å². The van der Waals surface area contributed by atoms with Gasteiger partial charge in [-0.25, -0.2) is 13.8 Å². The maximum Gasteiger partial charge on any atom is 0.280 e. The molecule has 1 aliphatic heterocycles. The largest absolute Gasteiger partial charge is 0.343 e. The molecule has 2 aliphatic rings. The molecule has 0 aromatic carbocycles. The summed E-state index contributed by atoms with van der Waals surface area (Å²) >= 11 is 0. The Morgan fingerprint density at radius 2 is 1.84 bits per heavy atom.